The number of carbonyl (C=O) groups is 3. The third kappa shape index (κ3) is 4.60. The van der Waals surface area contributed by atoms with Gasteiger partial charge in [0.2, 0.25) is 0 Å². The van der Waals surface area contributed by atoms with E-state index < -0.39 is 28.0 Å². The molecule has 0 saturated carbocycles. The highest BCUT2D eigenvalue weighted by Gasteiger charge is 2.36. The van der Waals surface area contributed by atoms with Gasteiger partial charge >= 0.3 is 16.1 Å². The SMILES string of the molecule is Cc1ccc(N2C(=O)NC(=O)/C(=C\c3ccc(OS(=O)(=O)c4ccccc4)cc3)C2=O)cc1C. The number of rotatable bonds is 5. The summed E-state index contributed by atoms with van der Waals surface area (Å²) in [6.07, 6.45) is 1.33. The maximum Gasteiger partial charge on any atom is 0.339 e. The summed E-state index contributed by atoms with van der Waals surface area (Å²) in [5.41, 5.74) is 2.44. The van der Waals surface area contributed by atoms with Gasteiger partial charge in [0.15, 0.2) is 0 Å². The summed E-state index contributed by atoms with van der Waals surface area (Å²) >= 11 is 0. The minimum atomic E-state index is -4.00. The second-order valence-electron chi connectivity index (χ2n) is 7.65. The Balaban J connectivity index is 1.59. The molecule has 0 aliphatic carbocycles. The second kappa shape index (κ2) is 8.95. The second-order valence-corrected chi connectivity index (χ2v) is 9.19. The molecule has 0 radical (unpaired) electrons. The Hall–Kier alpha value is -4.24. The van der Waals surface area contributed by atoms with E-state index in [1.165, 1.54) is 42.5 Å². The Bertz CT molecular complexity index is 1430. The zero-order valence-corrected chi connectivity index (χ0v) is 19.1. The van der Waals surface area contributed by atoms with E-state index >= 15 is 0 Å². The van der Waals surface area contributed by atoms with Crippen molar-refractivity contribution in [2.24, 2.45) is 0 Å². The number of nitrogens with one attached hydrogen (secondary N) is 1. The largest absolute Gasteiger partial charge is 0.379 e. The van der Waals surface area contributed by atoms with Crippen LogP contribution in [0.25, 0.3) is 6.08 Å². The summed E-state index contributed by atoms with van der Waals surface area (Å²) in [5.74, 6) is -1.51. The number of urea groups is 1. The number of barbiturate groups is 1. The number of carbonyl (C=O) groups excluding carboxylic acids is 3. The van der Waals surface area contributed by atoms with Crippen LogP contribution in [0.15, 0.2) is 83.3 Å². The van der Waals surface area contributed by atoms with Crippen LogP contribution in [0.3, 0.4) is 0 Å². The number of hydrogen-bond acceptors (Lipinski definition) is 6. The Morgan fingerprint density at radius 2 is 1.53 bits per heavy atom. The number of anilines is 1. The first kappa shape index (κ1) is 22.9. The first-order valence-electron chi connectivity index (χ1n) is 10.2. The molecule has 0 unspecified atom stereocenters. The number of amides is 4. The standard InChI is InChI=1S/C25H20N2O6S/c1-16-8-11-19(14-17(16)2)27-24(29)22(23(28)26-25(27)30)15-18-9-12-20(13-10-18)33-34(31,32)21-6-4-3-5-7-21/h3-15H,1-2H3,(H,26,28,30)/b22-15+. The molecule has 4 rings (SSSR count). The van der Waals surface area contributed by atoms with Crippen molar-refractivity contribution < 1.29 is 27.0 Å². The van der Waals surface area contributed by atoms with Crippen LogP contribution < -0.4 is 14.4 Å². The fourth-order valence-corrected chi connectivity index (χ4v) is 4.26. The van der Waals surface area contributed by atoms with Crippen molar-refractivity contribution in [1.82, 2.24) is 5.32 Å². The van der Waals surface area contributed by atoms with E-state index in [2.05, 4.69) is 5.32 Å². The molecule has 1 fully saturated rings. The van der Waals surface area contributed by atoms with Crippen LogP contribution >= 0.6 is 0 Å². The maximum atomic E-state index is 13.0. The van der Waals surface area contributed by atoms with Crippen molar-refractivity contribution in [2.75, 3.05) is 4.90 Å². The summed E-state index contributed by atoms with van der Waals surface area (Å²) in [6.45, 7) is 3.76. The van der Waals surface area contributed by atoms with Crippen LogP contribution in [0.2, 0.25) is 0 Å². The fourth-order valence-electron chi connectivity index (χ4n) is 3.30. The normalized spacial score (nSPS) is 15.4. The number of benzene rings is 3. The van der Waals surface area contributed by atoms with Gasteiger partial charge < -0.3 is 4.18 Å². The summed E-state index contributed by atoms with van der Waals surface area (Å²) in [4.78, 5) is 38.7. The van der Waals surface area contributed by atoms with Gasteiger partial charge in [-0.2, -0.15) is 8.42 Å². The summed E-state index contributed by atoms with van der Waals surface area (Å²) in [7, 11) is -4.00. The lowest BCUT2D eigenvalue weighted by atomic mass is 10.1. The summed E-state index contributed by atoms with van der Waals surface area (Å²) < 4.78 is 29.9. The van der Waals surface area contributed by atoms with Crippen LogP contribution in [-0.2, 0) is 19.7 Å². The molecule has 1 N–H and O–H groups in total. The van der Waals surface area contributed by atoms with Crippen LogP contribution in [0, 0.1) is 13.8 Å². The van der Waals surface area contributed by atoms with Crippen LogP contribution in [0.5, 0.6) is 5.75 Å². The monoisotopic (exact) mass is 476 g/mol. The smallest absolute Gasteiger partial charge is 0.339 e. The van der Waals surface area contributed by atoms with Crippen molar-refractivity contribution in [3.63, 3.8) is 0 Å². The highest BCUT2D eigenvalue weighted by atomic mass is 32.2. The fraction of sp³-hybridized carbons (Fsp3) is 0.0800. The van der Waals surface area contributed by atoms with Gasteiger partial charge in [-0.25, -0.2) is 9.69 Å². The quantitative estimate of drug-likeness (QED) is 0.341. The lowest BCUT2D eigenvalue weighted by Crippen LogP contribution is -2.54. The number of aryl methyl sites for hydroxylation is 2. The van der Waals surface area contributed by atoms with Crippen molar-refractivity contribution in [2.45, 2.75) is 18.7 Å². The van der Waals surface area contributed by atoms with E-state index in [4.69, 9.17) is 4.18 Å². The van der Waals surface area contributed by atoms with Gasteiger partial charge in [-0.1, -0.05) is 36.4 Å². The predicted molar refractivity (Wildman–Crippen MR) is 126 cm³/mol. The zero-order chi connectivity index (χ0) is 24.5. The highest BCUT2D eigenvalue weighted by Crippen LogP contribution is 2.25. The Morgan fingerprint density at radius 3 is 2.18 bits per heavy atom. The first-order valence-corrected chi connectivity index (χ1v) is 11.6. The molecule has 3 aromatic rings. The number of nitrogens with zero attached hydrogens (tertiary/aromatic N) is 1. The van der Waals surface area contributed by atoms with Crippen molar-refractivity contribution >= 4 is 39.7 Å². The number of imide groups is 2. The number of hydrogen-bond donors (Lipinski definition) is 1. The van der Waals surface area contributed by atoms with Crippen LogP contribution in [-0.4, -0.2) is 26.3 Å². The molecule has 172 valence electrons. The molecule has 1 aliphatic rings. The Morgan fingerprint density at radius 1 is 0.853 bits per heavy atom. The Kier molecular flexibility index (Phi) is 6.04. The third-order valence-corrected chi connectivity index (χ3v) is 6.54. The zero-order valence-electron chi connectivity index (χ0n) is 18.3. The molecular weight excluding hydrogens is 456 g/mol. The third-order valence-electron chi connectivity index (χ3n) is 5.28. The predicted octanol–water partition coefficient (Wildman–Crippen LogP) is 3.74. The minimum Gasteiger partial charge on any atom is -0.379 e. The molecule has 1 heterocycles. The van der Waals surface area contributed by atoms with Gasteiger partial charge in [0.25, 0.3) is 11.8 Å². The molecule has 0 aromatic heterocycles. The van der Waals surface area contributed by atoms with E-state index in [0.29, 0.717) is 11.3 Å². The van der Waals surface area contributed by atoms with Gasteiger partial charge in [0, 0.05) is 0 Å². The molecule has 0 bridgehead atoms. The molecule has 4 amide bonds. The lowest BCUT2D eigenvalue weighted by molar-refractivity contribution is -0.122. The summed E-state index contributed by atoms with van der Waals surface area (Å²) in [6, 6.07) is 17.8. The maximum absolute atomic E-state index is 13.0. The molecule has 9 heteroatoms. The van der Waals surface area contributed by atoms with E-state index in [1.54, 1.807) is 36.4 Å². The minimum absolute atomic E-state index is 0.0155. The lowest BCUT2D eigenvalue weighted by Gasteiger charge is -2.26. The van der Waals surface area contributed by atoms with E-state index in [-0.39, 0.29) is 16.2 Å². The molecule has 0 spiro atoms. The molecule has 34 heavy (non-hydrogen) atoms. The molecular formula is C25H20N2O6S. The van der Waals surface area contributed by atoms with E-state index in [0.717, 1.165) is 16.0 Å². The van der Waals surface area contributed by atoms with Gasteiger partial charge in [-0.05, 0) is 73.0 Å². The van der Waals surface area contributed by atoms with Gasteiger partial charge in [-0.3, -0.25) is 14.9 Å². The summed E-state index contributed by atoms with van der Waals surface area (Å²) in [5, 5.41) is 2.18. The molecule has 8 nitrogen and oxygen atoms in total. The topological polar surface area (TPSA) is 110 Å². The average molecular weight is 477 g/mol. The van der Waals surface area contributed by atoms with E-state index in [1.807, 2.05) is 13.8 Å². The first-order chi connectivity index (χ1) is 16.2. The molecule has 3 aromatic carbocycles. The molecule has 1 saturated heterocycles. The average Bonchev–Trinajstić information content (AvgIpc) is 2.80. The van der Waals surface area contributed by atoms with Crippen molar-refractivity contribution in [3.8, 4) is 5.75 Å². The van der Waals surface area contributed by atoms with Gasteiger partial charge in [0.05, 0.1) is 5.69 Å². The highest BCUT2D eigenvalue weighted by molar-refractivity contribution is 7.87. The van der Waals surface area contributed by atoms with Gasteiger partial charge in [0.1, 0.15) is 16.2 Å². The Labute approximate surface area is 196 Å². The van der Waals surface area contributed by atoms with Gasteiger partial charge in [-0.15, -0.1) is 0 Å². The molecule has 1 aliphatic heterocycles. The van der Waals surface area contributed by atoms with Crippen LogP contribution in [0.4, 0.5) is 10.5 Å². The van der Waals surface area contributed by atoms with Crippen molar-refractivity contribution in [1.29, 1.82) is 0 Å². The van der Waals surface area contributed by atoms with Crippen LogP contribution in [0.1, 0.15) is 16.7 Å². The van der Waals surface area contributed by atoms with E-state index in [9.17, 15) is 22.8 Å². The van der Waals surface area contributed by atoms with Crippen molar-refractivity contribution in [3.05, 3.63) is 95.1 Å². The molecule has 0 atom stereocenters.